The lowest BCUT2D eigenvalue weighted by Crippen LogP contribution is -2.48. The van der Waals surface area contributed by atoms with Gasteiger partial charge in [-0.25, -0.2) is 0 Å². The maximum absolute atomic E-state index is 5.99. The fraction of sp³-hybridized carbons (Fsp3) is 0.208. The fourth-order valence-corrected chi connectivity index (χ4v) is 3.62. The van der Waals surface area contributed by atoms with Gasteiger partial charge in [0.05, 0.1) is 7.11 Å². The Bertz CT molecular complexity index is 674. The summed E-state index contributed by atoms with van der Waals surface area (Å²) >= 11 is 0. The molecule has 0 aliphatic rings. The predicted octanol–water partition coefficient (Wildman–Crippen LogP) is 5.46. The number of rotatable bonds is 8. The second kappa shape index (κ2) is 8.79. The Hall–Kier alpha value is -2.42. The quantitative estimate of drug-likeness (QED) is 0.398. The summed E-state index contributed by atoms with van der Waals surface area (Å²) in [7, 11) is 1.76. The summed E-state index contributed by atoms with van der Waals surface area (Å²) in [6.07, 6.45) is 1.83. The van der Waals surface area contributed by atoms with Crippen LogP contribution in [0.5, 0.6) is 0 Å². The van der Waals surface area contributed by atoms with E-state index in [0.29, 0.717) is 0 Å². The zero-order valence-corrected chi connectivity index (χ0v) is 15.3. The van der Waals surface area contributed by atoms with Crippen molar-refractivity contribution in [3.05, 3.63) is 115 Å². The average Bonchev–Trinajstić information content (AvgIpc) is 2.73. The Labute approximate surface area is 157 Å². The van der Waals surface area contributed by atoms with Gasteiger partial charge in [0.15, 0.2) is 0 Å². The molecular formula is C24H26NO. The Morgan fingerprint density at radius 3 is 1.42 bits per heavy atom. The first-order chi connectivity index (χ1) is 12.8. The van der Waals surface area contributed by atoms with Crippen LogP contribution < -0.4 is 0 Å². The van der Waals surface area contributed by atoms with E-state index in [1.165, 1.54) is 16.7 Å². The molecule has 3 aromatic rings. The number of benzene rings is 3. The highest BCUT2D eigenvalue weighted by molar-refractivity contribution is 5.49. The molecule has 0 bridgehead atoms. The summed E-state index contributed by atoms with van der Waals surface area (Å²) in [6.45, 7) is 4.80. The summed E-state index contributed by atoms with van der Waals surface area (Å²) < 4.78 is 0. The van der Waals surface area contributed by atoms with Crippen LogP contribution in [0.4, 0.5) is 0 Å². The molecule has 0 spiro atoms. The molecule has 0 saturated carbocycles. The second-order valence-electron chi connectivity index (χ2n) is 6.30. The lowest BCUT2D eigenvalue weighted by atomic mass is 9.76. The zero-order chi connectivity index (χ0) is 18.2. The second-order valence-corrected chi connectivity index (χ2v) is 6.30. The number of nitrogens with zero attached hydrogens (tertiary/aromatic N) is 1. The Morgan fingerprint density at radius 1 is 0.731 bits per heavy atom. The SMILES string of the molecule is [CH2]CCCN(OC)C(c1ccccc1)(c1ccccc1)c1ccccc1. The smallest absolute Gasteiger partial charge is 0.121 e. The van der Waals surface area contributed by atoms with Crippen molar-refractivity contribution in [3.63, 3.8) is 0 Å². The van der Waals surface area contributed by atoms with Gasteiger partial charge in [0, 0.05) is 6.54 Å². The first-order valence-corrected chi connectivity index (χ1v) is 9.11. The zero-order valence-electron chi connectivity index (χ0n) is 15.3. The summed E-state index contributed by atoms with van der Waals surface area (Å²) in [5, 5.41) is 2.10. The molecular weight excluding hydrogens is 318 g/mol. The molecule has 0 unspecified atom stereocenters. The molecule has 0 N–H and O–H groups in total. The average molecular weight is 344 g/mol. The van der Waals surface area contributed by atoms with Crippen LogP contribution in [0.1, 0.15) is 29.5 Å². The van der Waals surface area contributed by atoms with Crippen LogP contribution in [0.15, 0.2) is 91.0 Å². The van der Waals surface area contributed by atoms with Gasteiger partial charge in [-0.05, 0) is 23.1 Å². The minimum Gasteiger partial charge on any atom is -0.301 e. The van der Waals surface area contributed by atoms with Gasteiger partial charge in [-0.1, -0.05) is 104 Å². The lowest BCUT2D eigenvalue weighted by molar-refractivity contribution is -0.181. The van der Waals surface area contributed by atoms with E-state index < -0.39 is 5.54 Å². The predicted molar refractivity (Wildman–Crippen MR) is 108 cm³/mol. The van der Waals surface area contributed by atoms with E-state index in [2.05, 4.69) is 103 Å². The fourth-order valence-electron chi connectivity index (χ4n) is 3.62. The maximum atomic E-state index is 5.99. The van der Waals surface area contributed by atoms with Crippen molar-refractivity contribution >= 4 is 0 Å². The largest absolute Gasteiger partial charge is 0.301 e. The molecule has 0 saturated heterocycles. The van der Waals surface area contributed by atoms with Crippen LogP contribution >= 0.6 is 0 Å². The van der Waals surface area contributed by atoms with Crippen molar-refractivity contribution in [3.8, 4) is 0 Å². The van der Waals surface area contributed by atoms with E-state index >= 15 is 0 Å². The monoisotopic (exact) mass is 344 g/mol. The summed E-state index contributed by atoms with van der Waals surface area (Å²) in [5.74, 6) is 0. The van der Waals surface area contributed by atoms with Crippen LogP contribution in [-0.4, -0.2) is 18.7 Å². The Balaban J connectivity index is 2.31. The first-order valence-electron chi connectivity index (χ1n) is 9.11. The molecule has 2 heteroatoms. The topological polar surface area (TPSA) is 12.5 Å². The van der Waals surface area contributed by atoms with Gasteiger partial charge < -0.3 is 4.84 Å². The molecule has 0 heterocycles. The van der Waals surface area contributed by atoms with Gasteiger partial charge in [0.1, 0.15) is 5.54 Å². The van der Waals surface area contributed by atoms with Crippen LogP contribution in [0.3, 0.4) is 0 Å². The van der Waals surface area contributed by atoms with Gasteiger partial charge in [-0.3, -0.25) is 0 Å². The van der Waals surface area contributed by atoms with Crippen molar-refractivity contribution in [2.24, 2.45) is 0 Å². The standard InChI is InChI=1S/C24H26NO/c1-3-4-20-25(26-2)24(21-14-8-5-9-15-21,22-16-10-6-11-17-22)23-18-12-7-13-19-23/h5-19H,1,3-4,20H2,2H3. The summed E-state index contributed by atoms with van der Waals surface area (Å²) in [4.78, 5) is 5.99. The number of hydroxylamine groups is 2. The van der Waals surface area contributed by atoms with E-state index in [4.69, 9.17) is 4.84 Å². The third-order valence-electron chi connectivity index (χ3n) is 4.78. The van der Waals surface area contributed by atoms with Crippen LogP contribution in [-0.2, 0) is 10.4 Å². The van der Waals surface area contributed by atoms with Gasteiger partial charge >= 0.3 is 0 Å². The lowest BCUT2D eigenvalue weighted by Gasteiger charge is -2.44. The molecule has 3 rings (SSSR count). The molecule has 2 nitrogen and oxygen atoms in total. The minimum atomic E-state index is -0.520. The summed E-state index contributed by atoms with van der Waals surface area (Å²) in [6, 6.07) is 31.8. The summed E-state index contributed by atoms with van der Waals surface area (Å²) in [5.41, 5.74) is 3.03. The van der Waals surface area contributed by atoms with Crippen LogP contribution in [0.2, 0.25) is 0 Å². The third-order valence-corrected chi connectivity index (χ3v) is 4.78. The molecule has 0 atom stereocenters. The molecule has 3 aromatic carbocycles. The highest BCUT2D eigenvalue weighted by atomic mass is 16.7. The van der Waals surface area contributed by atoms with Crippen molar-refractivity contribution in [1.82, 2.24) is 5.06 Å². The highest BCUT2D eigenvalue weighted by Crippen LogP contribution is 2.42. The minimum absolute atomic E-state index is 0.520. The highest BCUT2D eigenvalue weighted by Gasteiger charge is 2.42. The van der Waals surface area contributed by atoms with Gasteiger partial charge in [0.25, 0.3) is 0 Å². The molecule has 0 fully saturated rings. The maximum Gasteiger partial charge on any atom is 0.121 e. The molecule has 0 aromatic heterocycles. The first kappa shape index (κ1) is 18.4. The Morgan fingerprint density at radius 2 is 1.12 bits per heavy atom. The van der Waals surface area contributed by atoms with E-state index in [9.17, 15) is 0 Å². The van der Waals surface area contributed by atoms with Crippen molar-refractivity contribution in [2.75, 3.05) is 13.7 Å². The van der Waals surface area contributed by atoms with Crippen molar-refractivity contribution in [1.29, 1.82) is 0 Å². The van der Waals surface area contributed by atoms with Crippen molar-refractivity contribution in [2.45, 2.75) is 18.4 Å². The van der Waals surface area contributed by atoms with E-state index in [0.717, 1.165) is 19.4 Å². The van der Waals surface area contributed by atoms with E-state index in [1.807, 2.05) is 0 Å². The number of unbranched alkanes of at least 4 members (excludes halogenated alkanes) is 1. The molecule has 0 aliphatic heterocycles. The van der Waals surface area contributed by atoms with Crippen molar-refractivity contribution < 1.29 is 4.84 Å². The van der Waals surface area contributed by atoms with E-state index in [-0.39, 0.29) is 0 Å². The number of hydrogen-bond donors (Lipinski definition) is 0. The third kappa shape index (κ3) is 3.44. The Kier molecular flexibility index (Phi) is 6.21. The van der Waals surface area contributed by atoms with E-state index in [1.54, 1.807) is 7.11 Å². The molecule has 0 amide bonds. The molecule has 133 valence electrons. The number of hydrogen-bond acceptors (Lipinski definition) is 2. The van der Waals surface area contributed by atoms with Gasteiger partial charge in [-0.15, -0.1) is 0 Å². The van der Waals surface area contributed by atoms with Crippen LogP contribution in [0, 0.1) is 6.92 Å². The molecule has 0 aliphatic carbocycles. The molecule has 26 heavy (non-hydrogen) atoms. The van der Waals surface area contributed by atoms with Gasteiger partial charge in [0.2, 0.25) is 0 Å². The normalized spacial score (nSPS) is 11.7. The molecule has 1 radical (unpaired) electrons. The van der Waals surface area contributed by atoms with Crippen LogP contribution in [0.25, 0.3) is 0 Å². The van der Waals surface area contributed by atoms with Gasteiger partial charge in [-0.2, -0.15) is 5.06 Å².